The minimum Gasteiger partial charge on any atom is -0.491 e. The Kier molecular flexibility index (Phi) is 6.55. The minimum absolute atomic E-state index is 0.288. The molecule has 0 saturated heterocycles. The number of aliphatic hydroxyl groups excluding tert-OH is 1. The Labute approximate surface area is 132 Å². The van der Waals surface area contributed by atoms with E-state index in [1.807, 2.05) is 25.1 Å². The molecule has 0 spiro atoms. The Hall–Kier alpha value is -1.03. The molecule has 21 heavy (non-hydrogen) atoms. The summed E-state index contributed by atoms with van der Waals surface area (Å²) in [6.07, 6.45) is 6.69. The van der Waals surface area contributed by atoms with Crippen LogP contribution < -0.4 is 10.1 Å². The third kappa shape index (κ3) is 5.70. The van der Waals surface area contributed by atoms with Gasteiger partial charge in [-0.2, -0.15) is 0 Å². The molecule has 1 atom stereocenters. The van der Waals surface area contributed by atoms with Crippen LogP contribution in [0.25, 0.3) is 0 Å². The van der Waals surface area contributed by atoms with Crippen LogP contribution in [0.1, 0.15) is 31.2 Å². The number of allylic oxidation sites excluding steroid dienone is 1. The lowest BCUT2D eigenvalue weighted by atomic mass is 10.2. The first kappa shape index (κ1) is 16.3. The first-order chi connectivity index (χ1) is 10.1. The maximum Gasteiger partial charge on any atom is 0.119 e. The second-order valence-corrected chi connectivity index (χ2v) is 5.99. The second kappa shape index (κ2) is 8.42. The van der Waals surface area contributed by atoms with Gasteiger partial charge < -0.3 is 15.2 Å². The average molecular weight is 310 g/mol. The fourth-order valence-corrected chi connectivity index (χ4v) is 2.56. The molecule has 2 N–H and O–H groups in total. The molecule has 0 amide bonds. The van der Waals surface area contributed by atoms with Gasteiger partial charge in [-0.05, 0) is 62.9 Å². The Morgan fingerprint density at radius 2 is 2.29 bits per heavy atom. The summed E-state index contributed by atoms with van der Waals surface area (Å²) >= 11 is 5.96. The molecule has 4 heteroatoms. The molecule has 1 unspecified atom stereocenters. The minimum atomic E-state index is -0.501. The van der Waals surface area contributed by atoms with E-state index in [0.717, 1.165) is 29.3 Å². The third-order valence-corrected chi connectivity index (χ3v) is 4.13. The zero-order chi connectivity index (χ0) is 15.1. The van der Waals surface area contributed by atoms with E-state index in [4.69, 9.17) is 16.3 Å². The number of ether oxygens (including phenoxy) is 1. The van der Waals surface area contributed by atoms with Crippen molar-refractivity contribution >= 4 is 11.6 Å². The molecule has 0 aromatic heterocycles. The molecule has 1 aromatic carbocycles. The number of hydrogen-bond acceptors (Lipinski definition) is 3. The van der Waals surface area contributed by atoms with Gasteiger partial charge in [0.1, 0.15) is 18.5 Å². The molecule has 0 heterocycles. The zero-order valence-electron chi connectivity index (χ0n) is 12.6. The molecule has 1 aliphatic rings. The second-order valence-electron chi connectivity index (χ2n) is 5.58. The standard InChI is InChI=1S/C17H24ClNO2/c1-13-10-16(6-7-17(13)18)21-12-15(20)11-19-9-8-14-4-2-3-5-14/h4,6-7,10,15,19-20H,2-3,5,8-9,11-12H2,1H3. The van der Waals surface area contributed by atoms with Gasteiger partial charge in [-0.25, -0.2) is 0 Å². The Bertz CT molecular complexity index is 488. The van der Waals surface area contributed by atoms with E-state index in [0.29, 0.717) is 6.54 Å². The highest BCUT2D eigenvalue weighted by molar-refractivity contribution is 6.31. The van der Waals surface area contributed by atoms with E-state index in [9.17, 15) is 5.11 Å². The van der Waals surface area contributed by atoms with Crippen LogP contribution in [0.4, 0.5) is 0 Å². The SMILES string of the molecule is Cc1cc(OCC(O)CNCCC2=CCCC2)ccc1Cl. The van der Waals surface area contributed by atoms with E-state index in [1.165, 1.54) is 19.3 Å². The molecule has 0 fully saturated rings. The number of halogens is 1. The topological polar surface area (TPSA) is 41.5 Å². The van der Waals surface area contributed by atoms with Crippen LogP contribution in [0.5, 0.6) is 5.75 Å². The van der Waals surface area contributed by atoms with Crippen molar-refractivity contribution in [1.29, 1.82) is 0 Å². The van der Waals surface area contributed by atoms with Gasteiger partial charge in [-0.1, -0.05) is 23.3 Å². The van der Waals surface area contributed by atoms with Crippen LogP contribution in [0, 0.1) is 6.92 Å². The van der Waals surface area contributed by atoms with Crippen molar-refractivity contribution in [3.63, 3.8) is 0 Å². The van der Waals surface area contributed by atoms with Crippen molar-refractivity contribution < 1.29 is 9.84 Å². The summed E-state index contributed by atoms with van der Waals surface area (Å²) in [6.45, 7) is 3.70. The van der Waals surface area contributed by atoms with Crippen LogP contribution in [0.2, 0.25) is 5.02 Å². The van der Waals surface area contributed by atoms with Gasteiger partial charge in [-0.3, -0.25) is 0 Å². The molecule has 2 rings (SSSR count). The predicted molar refractivity (Wildman–Crippen MR) is 87.1 cm³/mol. The molecule has 1 aromatic rings. The van der Waals surface area contributed by atoms with E-state index >= 15 is 0 Å². The first-order valence-corrected chi connectivity index (χ1v) is 7.98. The molecular weight excluding hydrogens is 286 g/mol. The largest absolute Gasteiger partial charge is 0.491 e. The molecule has 0 radical (unpaired) electrons. The van der Waals surface area contributed by atoms with Gasteiger partial charge >= 0.3 is 0 Å². The van der Waals surface area contributed by atoms with Crippen molar-refractivity contribution in [3.05, 3.63) is 40.4 Å². The molecule has 0 bridgehead atoms. The van der Waals surface area contributed by atoms with Crippen molar-refractivity contribution in [2.75, 3.05) is 19.7 Å². The lowest BCUT2D eigenvalue weighted by Crippen LogP contribution is -2.32. The van der Waals surface area contributed by atoms with Crippen molar-refractivity contribution in [2.24, 2.45) is 0 Å². The van der Waals surface area contributed by atoms with E-state index in [2.05, 4.69) is 11.4 Å². The van der Waals surface area contributed by atoms with Gasteiger partial charge in [0.2, 0.25) is 0 Å². The third-order valence-electron chi connectivity index (χ3n) is 3.71. The van der Waals surface area contributed by atoms with Crippen LogP contribution in [-0.4, -0.2) is 30.9 Å². The fraction of sp³-hybridized carbons (Fsp3) is 0.529. The van der Waals surface area contributed by atoms with Crippen LogP contribution in [0.3, 0.4) is 0 Å². The van der Waals surface area contributed by atoms with Crippen LogP contribution in [0.15, 0.2) is 29.8 Å². The average Bonchev–Trinajstić information content (AvgIpc) is 2.98. The lowest BCUT2D eigenvalue weighted by Gasteiger charge is -2.14. The summed E-state index contributed by atoms with van der Waals surface area (Å²) in [6, 6.07) is 5.52. The van der Waals surface area contributed by atoms with Crippen LogP contribution in [-0.2, 0) is 0 Å². The van der Waals surface area contributed by atoms with Gasteiger partial charge in [0.25, 0.3) is 0 Å². The molecule has 3 nitrogen and oxygen atoms in total. The number of rotatable bonds is 8. The maximum atomic E-state index is 9.90. The van der Waals surface area contributed by atoms with Gasteiger partial charge in [0.05, 0.1) is 0 Å². The number of aliphatic hydroxyl groups is 1. The van der Waals surface area contributed by atoms with E-state index in [-0.39, 0.29) is 6.61 Å². The Balaban J connectivity index is 1.60. The molecule has 0 aliphatic heterocycles. The van der Waals surface area contributed by atoms with Gasteiger partial charge in [-0.15, -0.1) is 0 Å². The zero-order valence-corrected chi connectivity index (χ0v) is 13.3. The fourth-order valence-electron chi connectivity index (χ4n) is 2.44. The summed E-state index contributed by atoms with van der Waals surface area (Å²) in [5.41, 5.74) is 2.52. The van der Waals surface area contributed by atoms with Crippen molar-refractivity contribution in [1.82, 2.24) is 5.32 Å². The summed E-state index contributed by atoms with van der Waals surface area (Å²) in [7, 11) is 0. The summed E-state index contributed by atoms with van der Waals surface area (Å²) in [5, 5.41) is 13.9. The highest BCUT2D eigenvalue weighted by Gasteiger charge is 2.07. The monoisotopic (exact) mass is 309 g/mol. The Morgan fingerprint density at radius 1 is 1.43 bits per heavy atom. The highest BCUT2D eigenvalue weighted by Crippen LogP contribution is 2.21. The summed E-state index contributed by atoms with van der Waals surface area (Å²) in [5.74, 6) is 0.743. The molecule has 116 valence electrons. The lowest BCUT2D eigenvalue weighted by molar-refractivity contribution is 0.106. The van der Waals surface area contributed by atoms with Gasteiger partial charge in [0.15, 0.2) is 0 Å². The smallest absolute Gasteiger partial charge is 0.119 e. The van der Waals surface area contributed by atoms with E-state index in [1.54, 1.807) is 5.57 Å². The maximum absolute atomic E-state index is 9.90. The molecule has 1 aliphatic carbocycles. The normalized spacial score (nSPS) is 15.9. The number of benzene rings is 1. The van der Waals surface area contributed by atoms with E-state index < -0.39 is 6.10 Å². The highest BCUT2D eigenvalue weighted by atomic mass is 35.5. The van der Waals surface area contributed by atoms with Crippen molar-refractivity contribution in [3.8, 4) is 5.75 Å². The van der Waals surface area contributed by atoms with Crippen LogP contribution >= 0.6 is 11.6 Å². The van der Waals surface area contributed by atoms with Gasteiger partial charge in [0, 0.05) is 11.6 Å². The summed E-state index contributed by atoms with van der Waals surface area (Å²) < 4.78 is 5.57. The van der Waals surface area contributed by atoms with Crippen molar-refractivity contribution in [2.45, 2.75) is 38.7 Å². The Morgan fingerprint density at radius 3 is 3.00 bits per heavy atom. The number of aryl methyl sites for hydroxylation is 1. The predicted octanol–water partition coefficient (Wildman–Crippen LogP) is 3.48. The molecule has 0 saturated carbocycles. The summed E-state index contributed by atoms with van der Waals surface area (Å²) in [4.78, 5) is 0. The first-order valence-electron chi connectivity index (χ1n) is 7.61. The quantitative estimate of drug-likeness (QED) is 0.570. The number of nitrogens with one attached hydrogen (secondary N) is 1. The molecular formula is C17H24ClNO2. The number of hydrogen-bond donors (Lipinski definition) is 2.